The number of imidazole rings is 1. The summed E-state index contributed by atoms with van der Waals surface area (Å²) in [5.74, 6) is 0.182. The van der Waals surface area contributed by atoms with Crippen molar-refractivity contribution in [3.63, 3.8) is 0 Å². The molecule has 0 spiro atoms. The largest absolute Gasteiger partial charge is 0.349 e. The number of hydrogen-bond donors (Lipinski definition) is 2. The van der Waals surface area contributed by atoms with Crippen molar-refractivity contribution >= 4 is 38.5 Å². The molecule has 0 bridgehead atoms. The van der Waals surface area contributed by atoms with Gasteiger partial charge in [0.25, 0.3) is 0 Å². The van der Waals surface area contributed by atoms with Crippen LogP contribution in [0.2, 0.25) is 0 Å². The Morgan fingerprint density at radius 1 is 1.45 bits per heavy atom. The molecule has 1 aromatic heterocycles. The first-order chi connectivity index (χ1) is 10.4. The molecule has 8 heteroatoms. The second-order valence-corrected chi connectivity index (χ2v) is 8.95. The van der Waals surface area contributed by atoms with Crippen LogP contribution in [0.4, 0.5) is 0 Å². The highest BCUT2D eigenvalue weighted by Crippen LogP contribution is 2.24. The van der Waals surface area contributed by atoms with E-state index in [0.29, 0.717) is 11.6 Å². The molecular weight excluding hydrogens is 322 g/mol. The first kappa shape index (κ1) is 15.4. The van der Waals surface area contributed by atoms with Gasteiger partial charge in [0, 0.05) is 0 Å². The maximum Gasteiger partial charge on any atom is 0.230 e. The highest BCUT2D eigenvalue weighted by Gasteiger charge is 2.39. The fourth-order valence-electron chi connectivity index (χ4n) is 2.61. The second-order valence-electron chi connectivity index (χ2n) is 5.80. The number of amides is 1. The molecule has 1 aromatic carbocycles. The highest BCUT2D eigenvalue weighted by atomic mass is 32.2. The number of H-pyrrole nitrogens is 1. The Labute approximate surface area is 133 Å². The number of rotatable bonds is 4. The number of nitrogens with one attached hydrogen (secondary N) is 2. The number of nitrogens with zero attached hydrogens (tertiary/aromatic N) is 1. The molecule has 2 N–H and O–H groups in total. The maximum atomic E-state index is 12.0. The molecule has 118 valence electrons. The quantitative estimate of drug-likeness (QED) is 0.820. The number of aromatic nitrogens is 2. The average molecular weight is 339 g/mol. The Morgan fingerprint density at radius 3 is 2.91 bits per heavy atom. The molecule has 1 fully saturated rings. The zero-order valence-electron chi connectivity index (χ0n) is 12.1. The van der Waals surface area contributed by atoms with Gasteiger partial charge in [-0.3, -0.25) is 4.79 Å². The predicted molar refractivity (Wildman–Crippen MR) is 86.6 cm³/mol. The monoisotopic (exact) mass is 339 g/mol. The Bertz CT molecular complexity index is 783. The van der Waals surface area contributed by atoms with Gasteiger partial charge in [0.1, 0.15) is 0 Å². The minimum absolute atomic E-state index is 0.0149. The molecule has 1 atom stereocenters. The summed E-state index contributed by atoms with van der Waals surface area (Å²) in [6, 6.07) is 7.66. The summed E-state index contributed by atoms with van der Waals surface area (Å²) in [6.07, 6.45) is 0.469. The molecule has 1 aliphatic rings. The molecule has 1 saturated heterocycles. The summed E-state index contributed by atoms with van der Waals surface area (Å²) in [6.45, 7) is 1.78. The van der Waals surface area contributed by atoms with Crippen LogP contribution < -0.4 is 5.32 Å². The standard InChI is InChI=1S/C14H17N3O3S2/c1-14(6-7-22(19,20)9-14)17-12(18)8-21-13-15-10-4-2-3-5-11(10)16-13/h2-5H,6-9H2,1H3,(H,15,16)(H,17,18)/t14-/m1/s1. The summed E-state index contributed by atoms with van der Waals surface area (Å²) >= 11 is 1.31. The second kappa shape index (κ2) is 5.58. The van der Waals surface area contributed by atoms with E-state index in [4.69, 9.17) is 0 Å². The van der Waals surface area contributed by atoms with Crippen LogP contribution >= 0.6 is 11.8 Å². The van der Waals surface area contributed by atoms with Crippen LogP contribution in [0.5, 0.6) is 0 Å². The lowest BCUT2D eigenvalue weighted by Gasteiger charge is -2.23. The van der Waals surface area contributed by atoms with Gasteiger partial charge in [-0.15, -0.1) is 0 Å². The van der Waals surface area contributed by atoms with E-state index in [2.05, 4.69) is 15.3 Å². The molecule has 3 rings (SSSR count). The number of aromatic amines is 1. The minimum atomic E-state index is -3.02. The first-order valence-corrected chi connectivity index (χ1v) is 9.75. The van der Waals surface area contributed by atoms with Crippen LogP contribution in [0.25, 0.3) is 11.0 Å². The van der Waals surface area contributed by atoms with Crippen molar-refractivity contribution in [3.05, 3.63) is 24.3 Å². The van der Waals surface area contributed by atoms with Crippen molar-refractivity contribution in [3.8, 4) is 0 Å². The van der Waals surface area contributed by atoms with E-state index < -0.39 is 15.4 Å². The minimum Gasteiger partial charge on any atom is -0.349 e. The number of hydrogen-bond acceptors (Lipinski definition) is 5. The van der Waals surface area contributed by atoms with Gasteiger partial charge in [-0.2, -0.15) is 0 Å². The number of thioether (sulfide) groups is 1. The fraction of sp³-hybridized carbons (Fsp3) is 0.429. The van der Waals surface area contributed by atoms with Crippen LogP contribution in [0.3, 0.4) is 0 Å². The van der Waals surface area contributed by atoms with Gasteiger partial charge in [0.05, 0.1) is 33.8 Å². The van der Waals surface area contributed by atoms with Gasteiger partial charge >= 0.3 is 0 Å². The van der Waals surface area contributed by atoms with Gasteiger partial charge in [0.15, 0.2) is 15.0 Å². The maximum absolute atomic E-state index is 12.0. The van der Waals surface area contributed by atoms with Gasteiger partial charge in [0.2, 0.25) is 5.91 Å². The number of sulfone groups is 1. The van der Waals surface area contributed by atoms with Crippen LogP contribution in [-0.2, 0) is 14.6 Å². The summed E-state index contributed by atoms with van der Waals surface area (Å²) in [5.41, 5.74) is 1.14. The van der Waals surface area contributed by atoms with Crippen molar-refractivity contribution in [1.29, 1.82) is 0 Å². The zero-order valence-corrected chi connectivity index (χ0v) is 13.8. The number of carbonyl (C=O) groups excluding carboxylic acids is 1. The molecule has 0 aliphatic carbocycles. The molecule has 6 nitrogen and oxygen atoms in total. The molecular formula is C14H17N3O3S2. The van der Waals surface area contributed by atoms with E-state index in [9.17, 15) is 13.2 Å². The van der Waals surface area contributed by atoms with E-state index in [-0.39, 0.29) is 23.2 Å². The van der Waals surface area contributed by atoms with Crippen molar-refractivity contribution in [2.24, 2.45) is 0 Å². The highest BCUT2D eigenvalue weighted by molar-refractivity contribution is 7.99. The molecule has 0 unspecified atom stereocenters. The lowest BCUT2D eigenvalue weighted by atomic mass is 10.0. The summed E-state index contributed by atoms with van der Waals surface area (Å²) in [7, 11) is -3.02. The molecule has 1 amide bonds. The third-order valence-electron chi connectivity index (χ3n) is 3.65. The van der Waals surface area contributed by atoms with E-state index in [1.165, 1.54) is 11.8 Å². The van der Waals surface area contributed by atoms with Crippen molar-refractivity contribution in [1.82, 2.24) is 15.3 Å². The lowest BCUT2D eigenvalue weighted by Crippen LogP contribution is -2.47. The summed E-state index contributed by atoms with van der Waals surface area (Å²) in [5, 5.41) is 3.52. The van der Waals surface area contributed by atoms with Gasteiger partial charge < -0.3 is 10.3 Å². The molecule has 2 aromatic rings. The van der Waals surface area contributed by atoms with Crippen LogP contribution in [0.1, 0.15) is 13.3 Å². The van der Waals surface area contributed by atoms with Crippen molar-refractivity contribution in [2.45, 2.75) is 24.0 Å². The summed E-state index contributed by atoms with van der Waals surface area (Å²) in [4.78, 5) is 19.6. The number of carbonyl (C=O) groups is 1. The molecule has 22 heavy (non-hydrogen) atoms. The Balaban J connectivity index is 1.58. The topological polar surface area (TPSA) is 91.9 Å². The first-order valence-electron chi connectivity index (χ1n) is 6.94. The third-order valence-corrected chi connectivity index (χ3v) is 6.43. The Hall–Kier alpha value is -1.54. The van der Waals surface area contributed by atoms with E-state index in [0.717, 1.165) is 11.0 Å². The molecule has 2 heterocycles. The Kier molecular flexibility index (Phi) is 3.90. The molecule has 0 saturated carbocycles. The average Bonchev–Trinajstić information content (AvgIpc) is 2.96. The number of para-hydroxylation sites is 2. The number of benzene rings is 1. The van der Waals surface area contributed by atoms with Gasteiger partial charge in [-0.05, 0) is 25.5 Å². The van der Waals surface area contributed by atoms with Gasteiger partial charge in [-0.25, -0.2) is 13.4 Å². The Morgan fingerprint density at radius 2 is 2.23 bits per heavy atom. The zero-order chi connectivity index (χ0) is 15.8. The van der Waals surface area contributed by atoms with E-state index in [1.807, 2.05) is 24.3 Å². The van der Waals surface area contributed by atoms with Crippen LogP contribution in [0, 0.1) is 0 Å². The molecule has 1 aliphatic heterocycles. The molecule has 0 radical (unpaired) electrons. The van der Waals surface area contributed by atoms with Crippen molar-refractivity contribution < 1.29 is 13.2 Å². The van der Waals surface area contributed by atoms with E-state index in [1.54, 1.807) is 6.92 Å². The number of fused-ring (bicyclic) bond motifs is 1. The van der Waals surface area contributed by atoms with Crippen LogP contribution in [0.15, 0.2) is 29.4 Å². The predicted octanol–water partition coefficient (Wildman–Crippen LogP) is 1.35. The lowest BCUT2D eigenvalue weighted by molar-refractivity contribution is -0.120. The van der Waals surface area contributed by atoms with E-state index >= 15 is 0 Å². The normalized spacial score (nSPS) is 23.7. The third kappa shape index (κ3) is 3.44. The SMILES string of the molecule is C[C@@]1(NC(=O)CSc2nc3ccccc3[nH]2)CCS(=O)(=O)C1. The summed E-state index contributed by atoms with van der Waals surface area (Å²) < 4.78 is 23.1. The fourth-order valence-corrected chi connectivity index (χ4v) is 5.39. The van der Waals surface area contributed by atoms with Gasteiger partial charge in [-0.1, -0.05) is 23.9 Å². The van der Waals surface area contributed by atoms with Crippen LogP contribution in [-0.4, -0.2) is 47.1 Å². The smallest absolute Gasteiger partial charge is 0.230 e. The van der Waals surface area contributed by atoms with Crippen molar-refractivity contribution in [2.75, 3.05) is 17.3 Å².